The van der Waals surface area contributed by atoms with Gasteiger partial charge in [-0.15, -0.1) is 0 Å². The Bertz CT molecular complexity index is 642. The zero-order chi connectivity index (χ0) is 14.5. The molecule has 2 aromatic carbocycles. The van der Waals surface area contributed by atoms with E-state index in [-0.39, 0.29) is 0 Å². The number of rotatable bonds is 4. The van der Waals surface area contributed by atoms with Crippen molar-refractivity contribution in [3.8, 4) is 0 Å². The highest BCUT2D eigenvalue weighted by Crippen LogP contribution is 2.18. The Hall–Kier alpha value is -2.60. The van der Waals surface area contributed by atoms with E-state index in [9.17, 15) is 9.59 Å². The first kappa shape index (κ1) is 13.8. The lowest BCUT2D eigenvalue weighted by molar-refractivity contribution is -0.140. The molecule has 0 radical (unpaired) electrons. The highest BCUT2D eigenvalue weighted by Gasteiger charge is 2.18. The van der Waals surface area contributed by atoms with Crippen LogP contribution in [-0.4, -0.2) is 34.9 Å². The van der Waals surface area contributed by atoms with Gasteiger partial charge < -0.3 is 20.8 Å². The molecule has 104 valence electrons. The molecule has 0 aromatic heterocycles. The van der Waals surface area contributed by atoms with Gasteiger partial charge in [0.2, 0.25) is 0 Å². The minimum absolute atomic E-state index is 0.545. The fourth-order valence-electron chi connectivity index (χ4n) is 1.78. The first-order valence-electron chi connectivity index (χ1n) is 6.00. The van der Waals surface area contributed by atoms with Crippen molar-refractivity contribution in [3.05, 3.63) is 42.5 Å². The number of carbonyl (C=O) groups excluding carboxylic acids is 1. The van der Waals surface area contributed by atoms with E-state index in [0.717, 1.165) is 10.8 Å². The van der Waals surface area contributed by atoms with E-state index in [1.165, 1.54) is 0 Å². The van der Waals surface area contributed by atoms with Crippen molar-refractivity contribution in [3.63, 3.8) is 0 Å². The molecule has 6 nitrogen and oxygen atoms in total. The molecule has 4 N–H and O–H groups in total. The molecule has 0 fully saturated rings. The van der Waals surface area contributed by atoms with Crippen molar-refractivity contribution in [2.75, 3.05) is 11.9 Å². The van der Waals surface area contributed by atoms with Gasteiger partial charge in [0.05, 0.1) is 6.61 Å². The second kappa shape index (κ2) is 6.03. The second-order valence-corrected chi connectivity index (χ2v) is 4.23. The fourth-order valence-corrected chi connectivity index (χ4v) is 1.78. The highest BCUT2D eigenvalue weighted by atomic mass is 16.4. The largest absolute Gasteiger partial charge is 0.480 e. The first-order valence-corrected chi connectivity index (χ1v) is 6.00. The van der Waals surface area contributed by atoms with Crippen LogP contribution in [0, 0.1) is 0 Å². The Balaban J connectivity index is 2.07. The summed E-state index contributed by atoms with van der Waals surface area (Å²) in [5.41, 5.74) is 0.545. The summed E-state index contributed by atoms with van der Waals surface area (Å²) in [5.74, 6) is -1.29. The zero-order valence-corrected chi connectivity index (χ0v) is 10.5. The minimum atomic E-state index is -1.32. The number of aliphatic hydroxyl groups excluding tert-OH is 1. The molecule has 2 amide bonds. The molecule has 20 heavy (non-hydrogen) atoms. The average Bonchev–Trinajstić information content (AvgIpc) is 2.44. The van der Waals surface area contributed by atoms with E-state index in [2.05, 4.69) is 10.6 Å². The number of fused-ring (bicyclic) bond motifs is 1. The van der Waals surface area contributed by atoms with Crippen LogP contribution in [0.1, 0.15) is 0 Å². The maximum atomic E-state index is 11.6. The smallest absolute Gasteiger partial charge is 0.328 e. The molecule has 1 atom stereocenters. The number of amides is 2. The Morgan fingerprint density at radius 3 is 2.45 bits per heavy atom. The third-order valence-electron chi connectivity index (χ3n) is 2.79. The lowest BCUT2D eigenvalue weighted by Gasteiger charge is -2.13. The molecule has 2 aromatic rings. The molecule has 6 heteroatoms. The van der Waals surface area contributed by atoms with E-state index in [1.807, 2.05) is 30.3 Å². The summed E-state index contributed by atoms with van der Waals surface area (Å²) in [4.78, 5) is 22.3. The lowest BCUT2D eigenvalue weighted by Crippen LogP contribution is -2.45. The standard InChI is InChI=1S/C14H14N2O4/c17-8-12(13(18)19)16-14(20)15-11-6-5-9-3-1-2-4-10(9)7-11/h1-7,12,17H,8H2,(H,18,19)(H2,15,16,20)/t12-/m1/s1. The third-order valence-corrected chi connectivity index (χ3v) is 2.79. The van der Waals surface area contributed by atoms with E-state index in [0.29, 0.717) is 5.69 Å². The normalized spacial score (nSPS) is 11.8. The lowest BCUT2D eigenvalue weighted by atomic mass is 10.1. The van der Waals surface area contributed by atoms with Crippen molar-refractivity contribution in [1.82, 2.24) is 5.32 Å². The summed E-state index contributed by atoms with van der Waals surface area (Å²) in [6.07, 6.45) is 0. The number of nitrogens with one attached hydrogen (secondary N) is 2. The van der Waals surface area contributed by atoms with E-state index < -0.39 is 24.6 Å². The van der Waals surface area contributed by atoms with Crippen LogP contribution in [0.25, 0.3) is 10.8 Å². The zero-order valence-electron chi connectivity index (χ0n) is 10.5. The van der Waals surface area contributed by atoms with Crippen molar-refractivity contribution < 1.29 is 19.8 Å². The Kier molecular flexibility index (Phi) is 4.17. The van der Waals surface area contributed by atoms with Gasteiger partial charge in [0.25, 0.3) is 0 Å². The molecule has 0 aliphatic heterocycles. The van der Waals surface area contributed by atoms with Crippen LogP contribution in [0.3, 0.4) is 0 Å². The predicted octanol–water partition coefficient (Wildman–Crippen LogP) is 1.41. The number of aliphatic carboxylic acids is 1. The van der Waals surface area contributed by atoms with E-state index in [1.54, 1.807) is 12.1 Å². The number of hydrogen-bond donors (Lipinski definition) is 4. The monoisotopic (exact) mass is 274 g/mol. The molecule has 0 heterocycles. The summed E-state index contributed by atoms with van der Waals surface area (Å²) in [6, 6.07) is 11.0. The number of anilines is 1. The van der Waals surface area contributed by atoms with E-state index >= 15 is 0 Å². The van der Waals surface area contributed by atoms with Gasteiger partial charge in [0, 0.05) is 5.69 Å². The van der Waals surface area contributed by atoms with Crippen molar-refractivity contribution in [2.24, 2.45) is 0 Å². The van der Waals surface area contributed by atoms with Crippen molar-refractivity contribution in [1.29, 1.82) is 0 Å². The molecule has 0 bridgehead atoms. The molecule has 0 aliphatic rings. The molecule has 0 saturated heterocycles. The van der Waals surface area contributed by atoms with Gasteiger partial charge in [-0.2, -0.15) is 0 Å². The van der Waals surface area contributed by atoms with Crippen LogP contribution >= 0.6 is 0 Å². The van der Waals surface area contributed by atoms with Crippen LogP contribution < -0.4 is 10.6 Å². The molecule has 0 spiro atoms. The number of urea groups is 1. The molecule has 0 unspecified atom stereocenters. The van der Waals surface area contributed by atoms with Crippen LogP contribution in [0.2, 0.25) is 0 Å². The number of carbonyl (C=O) groups is 2. The van der Waals surface area contributed by atoms with Gasteiger partial charge in [-0.3, -0.25) is 0 Å². The summed E-state index contributed by atoms with van der Waals surface area (Å²) in [7, 11) is 0. The fraction of sp³-hybridized carbons (Fsp3) is 0.143. The average molecular weight is 274 g/mol. The molecule has 2 rings (SSSR count). The van der Waals surface area contributed by atoms with E-state index in [4.69, 9.17) is 10.2 Å². The number of carboxylic acid groups (broad SMARTS) is 1. The van der Waals surface area contributed by atoms with Gasteiger partial charge in [-0.05, 0) is 22.9 Å². The van der Waals surface area contributed by atoms with Gasteiger partial charge in [0.1, 0.15) is 0 Å². The Morgan fingerprint density at radius 1 is 1.10 bits per heavy atom. The van der Waals surface area contributed by atoms with Gasteiger partial charge in [-0.1, -0.05) is 30.3 Å². The summed E-state index contributed by atoms with van der Waals surface area (Å²) >= 11 is 0. The topological polar surface area (TPSA) is 98.7 Å². The second-order valence-electron chi connectivity index (χ2n) is 4.23. The number of aliphatic hydroxyl groups is 1. The van der Waals surface area contributed by atoms with Crippen LogP contribution in [0.5, 0.6) is 0 Å². The molecule has 0 saturated carbocycles. The van der Waals surface area contributed by atoms with Crippen LogP contribution in [0.15, 0.2) is 42.5 Å². The predicted molar refractivity (Wildman–Crippen MR) is 74.6 cm³/mol. The quantitative estimate of drug-likeness (QED) is 0.677. The summed E-state index contributed by atoms with van der Waals surface area (Å²) < 4.78 is 0. The maximum absolute atomic E-state index is 11.6. The summed E-state index contributed by atoms with van der Waals surface area (Å²) in [6.45, 7) is -0.666. The Labute approximate surface area is 115 Å². The number of hydrogen-bond acceptors (Lipinski definition) is 3. The Morgan fingerprint density at radius 2 is 1.80 bits per heavy atom. The first-order chi connectivity index (χ1) is 9.60. The van der Waals surface area contributed by atoms with Gasteiger partial charge in [-0.25, -0.2) is 9.59 Å². The number of carboxylic acids is 1. The van der Waals surface area contributed by atoms with Gasteiger partial charge in [0.15, 0.2) is 6.04 Å². The molecule has 0 aliphatic carbocycles. The van der Waals surface area contributed by atoms with Crippen molar-refractivity contribution >= 4 is 28.5 Å². The van der Waals surface area contributed by atoms with Crippen LogP contribution in [0.4, 0.5) is 10.5 Å². The third kappa shape index (κ3) is 3.24. The molecular weight excluding hydrogens is 260 g/mol. The molecular formula is C14H14N2O4. The van der Waals surface area contributed by atoms with Gasteiger partial charge >= 0.3 is 12.0 Å². The highest BCUT2D eigenvalue weighted by molar-refractivity contribution is 5.95. The minimum Gasteiger partial charge on any atom is -0.480 e. The van der Waals surface area contributed by atoms with Crippen molar-refractivity contribution in [2.45, 2.75) is 6.04 Å². The SMILES string of the molecule is O=C(Nc1ccc2ccccc2c1)N[C@H](CO)C(=O)O. The van der Waals surface area contributed by atoms with Crippen LogP contribution in [-0.2, 0) is 4.79 Å². The maximum Gasteiger partial charge on any atom is 0.328 e. The summed E-state index contributed by atoms with van der Waals surface area (Å²) in [5, 5.41) is 24.2. The number of benzene rings is 2.